The molecule has 0 unspecified atom stereocenters. The SMILES string of the molecule is CC(C)(C)OC(=O)N[C@@H]1C[C@H](C(=O)NCC2(CCCCO[Si](C)(C)C(C)(C)C)c3ccccc3Oc3ccccc32)CN(C(=O)OCC2c3ccccc3-c3ccccc32)C1. The topological polar surface area (TPSA) is 115 Å². The first-order valence-corrected chi connectivity index (χ1v) is 24.7. The van der Waals surface area contributed by atoms with E-state index in [0.29, 0.717) is 19.6 Å². The molecular weight excluding hydrogens is 783 g/mol. The van der Waals surface area contributed by atoms with Crippen LogP contribution in [0.15, 0.2) is 97.1 Å². The molecule has 7 rings (SSSR count). The van der Waals surface area contributed by atoms with Crippen molar-refractivity contribution in [3.8, 4) is 22.6 Å². The fourth-order valence-corrected chi connectivity index (χ4v) is 9.96. The predicted octanol–water partition coefficient (Wildman–Crippen LogP) is 10.6. The minimum absolute atomic E-state index is 0.115. The highest BCUT2D eigenvalue weighted by Gasteiger charge is 2.44. The van der Waals surface area contributed by atoms with Gasteiger partial charge in [0.05, 0.1) is 12.0 Å². The molecule has 324 valence electrons. The molecule has 3 aliphatic rings. The van der Waals surface area contributed by atoms with Crippen molar-refractivity contribution in [2.45, 2.75) is 108 Å². The van der Waals surface area contributed by atoms with Gasteiger partial charge < -0.3 is 34.2 Å². The number of alkyl carbamates (subject to hydrolysis) is 1. The fraction of sp³-hybridized carbons (Fsp3) is 0.460. The number of para-hydroxylation sites is 2. The summed E-state index contributed by atoms with van der Waals surface area (Å²) >= 11 is 0. The Morgan fingerprint density at radius 3 is 1.95 bits per heavy atom. The molecule has 2 aliphatic heterocycles. The van der Waals surface area contributed by atoms with E-state index < -0.39 is 43.5 Å². The van der Waals surface area contributed by atoms with E-state index in [0.717, 1.165) is 64.1 Å². The highest BCUT2D eigenvalue weighted by Crippen LogP contribution is 2.50. The fourth-order valence-electron chi connectivity index (χ4n) is 8.87. The summed E-state index contributed by atoms with van der Waals surface area (Å²) in [4.78, 5) is 43.2. The molecule has 61 heavy (non-hydrogen) atoms. The molecule has 0 bridgehead atoms. The lowest BCUT2D eigenvalue weighted by Gasteiger charge is -2.42. The quantitative estimate of drug-likeness (QED) is 0.108. The first kappa shape index (κ1) is 43.9. The van der Waals surface area contributed by atoms with Gasteiger partial charge in [-0.3, -0.25) is 4.79 Å². The second-order valence-electron chi connectivity index (χ2n) is 19.4. The molecule has 0 spiro atoms. The van der Waals surface area contributed by atoms with Gasteiger partial charge in [-0.15, -0.1) is 0 Å². The zero-order valence-electron chi connectivity index (χ0n) is 37.1. The van der Waals surface area contributed by atoms with Gasteiger partial charge in [0.25, 0.3) is 0 Å². The van der Waals surface area contributed by atoms with Crippen molar-refractivity contribution in [3.63, 3.8) is 0 Å². The van der Waals surface area contributed by atoms with Gasteiger partial charge in [0.15, 0.2) is 8.32 Å². The number of ether oxygens (including phenoxy) is 3. The van der Waals surface area contributed by atoms with Gasteiger partial charge in [0.1, 0.15) is 23.7 Å². The average molecular weight is 846 g/mol. The maximum atomic E-state index is 14.6. The number of hydrogen-bond donors (Lipinski definition) is 2. The van der Waals surface area contributed by atoms with Crippen molar-refractivity contribution < 1.29 is 33.0 Å². The van der Waals surface area contributed by atoms with Gasteiger partial charge in [0, 0.05) is 48.7 Å². The molecular formula is C50H63N3O7Si. The molecule has 3 amide bonds. The van der Waals surface area contributed by atoms with Gasteiger partial charge in [-0.05, 0) is 99.0 Å². The molecule has 2 N–H and O–H groups in total. The van der Waals surface area contributed by atoms with Crippen molar-refractivity contribution in [1.82, 2.24) is 15.5 Å². The zero-order chi connectivity index (χ0) is 43.6. The van der Waals surface area contributed by atoms with Crippen molar-refractivity contribution in [3.05, 3.63) is 119 Å². The molecule has 0 radical (unpaired) electrons. The van der Waals surface area contributed by atoms with Gasteiger partial charge in [-0.2, -0.15) is 0 Å². The van der Waals surface area contributed by atoms with Crippen LogP contribution in [0.2, 0.25) is 18.1 Å². The summed E-state index contributed by atoms with van der Waals surface area (Å²) in [7, 11) is -1.91. The van der Waals surface area contributed by atoms with Crippen LogP contribution in [0.25, 0.3) is 11.1 Å². The lowest BCUT2D eigenvalue weighted by Crippen LogP contribution is -2.56. The molecule has 1 fully saturated rings. The highest BCUT2D eigenvalue weighted by atomic mass is 28.4. The maximum Gasteiger partial charge on any atom is 0.409 e. The third kappa shape index (κ3) is 9.68. The van der Waals surface area contributed by atoms with Gasteiger partial charge >= 0.3 is 12.2 Å². The number of unbranched alkanes of at least 4 members (excludes halogenated alkanes) is 1. The van der Waals surface area contributed by atoms with Crippen molar-refractivity contribution in [2.75, 3.05) is 32.8 Å². The first-order chi connectivity index (χ1) is 29.0. The van der Waals surface area contributed by atoms with E-state index in [1.165, 1.54) is 0 Å². The number of amides is 3. The molecule has 4 aromatic carbocycles. The van der Waals surface area contributed by atoms with Crippen LogP contribution in [0.3, 0.4) is 0 Å². The lowest BCUT2D eigenvalue weighted by atomic mass is 9.69. The van der Waals surface area contributed by atoms with Crippen LogP contribution in [0.5, 0.6) is 11.5 Å². The van der Waals surface area contributed by atoms with Crippen LogP contribution in [-0.2, 0) is 24.1 Å². The molecule has 11 heteroatoms. The smallest absolute Gasteiger partial charge is 0.409 e. The molecule has 0 aromatic heterocycles. The number of hydrogen-bond acceptors (Lipinski definition) is 7. The Kier molecular flexibility index (Phi) is 12.7. The van der Waals surface area contributed by atoms with Crippen LogP contribution < -0.4 is 15.4 Å². The summed E-state index contributed by atoms with van der Waals surface area (Å²) in [5.74, 6) is 0.599. The van der Waals surface area contributed by atoms with E-state index in [2.05, 4.69) is 80.9 Å². The van der Waals surface area contributed by atoms with Crippen LogP contribution in [0.1, 0.15) is 95.4 Å². The normalized spacial score (nSPS) is 18.1. The second-order valence-corrected chi connectivity index (χ2v) is 24.3. The van der Waals surface area contributed by atoms with E-state index in [4.69, 9.17) is 18.6 Å². The Morgan fingerprint density at radius 2 is 1.36 bits per heavy atom. The van der Waals surface area contributed by atoms with Gasteiger partial charge in [-0.1, -0.05) is 106 Å². The van der Waals surface area contributed by atoms with Crippen molar-refractivity contribution in [2.24, 2.45) is 5.92 Å². The van der Waals surface area contributed by atoms with Crippen LogP contribution >= 0.6 is 0 Å². The number of carbonyl (C=O) groups is 3. The Hall–Kier alpha value is -5.13. The van der Waals surface area contributed by atoms with Crippen LogP contribution in [-0.4, -0.2) is 75.8 Å². The number of piperidine rings is 1. The molecule has 2 heterocycles. The zero-order valence-corrected chi connectivity index (χ0v) is 38.1. The summed E-state index contributed by atoms with van der Waals surface area (Å²) in [5, 5.41) is 6.43. The first-order valence-electron chi connectivity index (χ1n) is 21.8. The molecule has 1 saturated heterocycles. The summed E-state index contributed by atoms with van der Waals surface area (Å²) in [5.41, 5.74) is 5.25. The van der Waals surface area contributed by atoms with E-state index in [9.17, 15) is 14.4 Å². The Bertz CT molecular complexity index is 2140. The number of nitrogens with one attached hydrogen (secondary N) is 2. The van der Waals surface area contributed by atoms with E-state index in [1.54, 1.807) is 25.7 Å². The molecule has 2 atom stereocenters. The van der Waals surface area contributed by atoms with Gasteiger partial charge in [-0.25, -0.2) is 9.59 Å². The average Bonchev–Trinajstić information content (AvgIpc) is 3.53. The second kappa shape index (κ2) is 17.7. The number of nitrogens with zero attached hydrogens (tertiary/aromatic N) is 1. The summed E-state index contributed by atoms with van der Waals surface area (Å²) in [6.45, 7) is 18.2. The highest BCUT2D eigenvalue weighted by molar-refractivity contribution is 6.74. The molecule has 4 aromatic rings. The molecule has 10 nitrogen and oxygen atoms in total. The monoisotopic (exact) mass is 845 g/mol. The van der Waals surface area contributed by atoms with E-state index >= 15 is 0 Å². The third-order valence-corrected chi connectivity index (χ3v) is 17.5. The van der Waals surface area contributed by atoms with Crippen molar-refractivity contribution in [1.29, 1.82) is 0 Å². The van der Waals surface area contributed by atoms with Crippen molar-refractivity contribution >= 4 is 26.4 Å². The van der Waals surface area contributed by atoms with E-state index in [1.807, 2.05) is 60.7 Å². The molecule has 0 saturated carbocycles. The number of rotatable bonds is 12. The van der Waals surface area contributed by atoms with E-state index in [-0.39, 0.29) is 36.6 Å². The summed E-state index contributed by atoms with van der Waals surface area (Å²) in [6, 6.07) is 32.1. The van der Waals surface area contributed by atoms with Crippen LogP contribution in [0, 0.1) is 5.92 Å². The lowest BCUT2D eigenvalue weighted by molar-refractivity contribution is -0.127. The number of benzene rings is 4. The minimum Gasteiger partial charge on any atom is -0.457 e. The standard InChI is InChI=1S/C50H63N3O7Si/c1-48(2,3)60-46(55)52-35-29-34(30-53(31-35)47(56)57-32-40-38-21-11-9-19-36(38)37-20-10-12-22-39(37)40)45(54)51-33-50(27-17-18-28-58-61(7,8)49(4,5)6)41-23-13-15-25-43(41)59-44-26-16-14-24-42(44)50/h9-16,19-26,34-35,40H,17-18,27-33H2,1-8H3,(H,51,54)(H,52,55)/t34-,35+/m0/s1. The maximum absolute atomic E-state index is 14.6. The number of likely N-dealkylation sites (tertiary alicyclic amines) is 1. The molecule has 1 aliphatic carbocycles. The van der Waals surface area contributed by atoms with Crippen LogP contribution in [0.4, 0.5) is 9.59 Å². The Balaban J connectivity index is 1.10. The Morgan fingerprint density at radius 1 is 0.787 bits per heavy atom. The largest absolute Gasteiger partial charge is 0.457 e. The third-order valence-electron chi connectivity index (χ3n) is 13.0. The predicted molar refractivity (Wildman–Crippen MR) is 242 cm³/mol. The summed E-state index contributed by atoms with van der Waals surface area (Å²) < 4.78 is 24.7. The number of fused-ring (bicyclic) bond motifs is 5. The van der Waals surface area contributed by atoms with Gasteiger partial charge in [0.2, 0.25) is 5.91 Å². The Labute approximate surface area is 362 Å². The number of carbonyl (C=O) groups excluding carboxylic acids is 3. The minimum atomic E-state index is -1.91. The summed E-state index contributed by atoms with van der Waals surface area (Å²) in [6.07, 6.45) is 1.70.